The van der Waals surface area contributed by atoms with E-state index in [1.807, 2.05) is 42.5 Å². The molecule has 4 rings (SSSR count). The number of para-hydroxylation sites is 1. The van der Waals surface area contributed by atoms with Gasteiger partial charge in [0.1, 0.15) is 5.82 Å². The monoisotopic (exact) mass is 288 g/mol. The highest BCUT2D eigenvalue weighted by atomic mass is 16.1. The maximum Gasteiger partial charge on any atom is 0.165 e. The van der Waals surface area contributed by atoms with Crippen molar-refractivity contribution in [3.63, 3.8) is 0 Å². The first-order valence-electron chi connectivity index (χ1n) is 7.58. The summed E-state index contributed by atoms with van der Waals surface area (Å²) in [6.07, 6.45) is 5.58. The Bertz CT molecular complexity index is 875. The topological polar surface area (TPSA) is 34.9 Å². The minimum Gasteiger partial charge on any atom is -0.324 e. The van der Waals surface area contributed by atoms with E-state index in [0.29, 0.717) is 6.42 Å². The molecule has 0 bridgehead atoms. The Balaban J connectivity index is 1.85. The lowest BCUT2D eigenvalue weighted by Crippen LogP contribution is -1.99. The summed E-state index contributed by atoms with van der Waals surface area (Å²) in [5, 5.41) is 0. The molecule has 0 fully saturated rings. The summed E-state index contributed by atoms with van der Waals surface area (Å²) >= 11 is 0. The molecule has 0 N–H and O–H groups in total. The summed E-state index contributed by atoms with van der Waals surface area (Å²) in [6.45, 7) is 0.841. The number of aromatic nitrogens is 2. The highest BCUT2D eigenvalue weighted by molar-refractivity contribution is 6.07. The molecule has 0 radical (unpaired) electrons. The molecule has 3 heteroatoms. The Labute approximate surface area is 128 Å². The predicted octanol–water partition coefficient (Wildman–Crippen LogP) is 4.18. The van der Waals surface area contributed by atoms with Crippen LogP contribution in [0.25, 0.3) is 23.2 Å². The lowest BCUT2D eigenvalue weighted by atomic mass is 10.1. The van der Waals surface area contributed by atoms with Crippen molar-refractivity contribution in [2.45, 2.75) is 19.4 Å². The van der Waals surface area contributed by atoms with Crippen molar-refractivity contribution < 1.29 is 4.79 Å². The van der Waals surface area contributed by atoms with Crippen LogP contribution >= 0.6 is 0 Å². The molecular weight excluding hydrogens is 272 g/mol. The van der Waals surface area contributed by atoms with Crippen LogP contribution in [0.3, 0.4) is 0 Å². The number of benzene rings is 2. The van der Waals surface area contributed by atoms with E-state index in [1.165, 1.54) is 0 Å². The first-order valence-corrected chi connectivity index (χ1v) is 7.58. The second-order valence-corrected chi connectivity index (χ2v) is 5.57. The molecule has 2 heterocycles. The number of carbonyl (C=O) groups is 1. The van der Waals surface area contributed by atoms with Gasteiger partial charge in [-0.15, -0.1) is 0 Å². The van der Waals surface area contributed by atoms with Gasteiger partial charge in [0.05, 0.1) is 11.0 Å². The molecule has 1 aliphatic rings. The van der Waals surface area contributed by atoms with Crippen molar-refractivity contribution in [2.24, 2.45) is 0 Å². The highest BCUT2D eigenvalue weighted by Gasteiger charge is 2.20. The smallest absolute Gasteiger partial charge is 0.165 e. The number of aryl methyl sites for hydroxylation is 1. The fourth-order valence-corrected chi connectivity index (χ4v) is 3.05. The zero-order chi connectivity index (χ0) is 14.9. The molecule has 1 aromatic heterocycles. The normalized spacial score (nSPS) is 14.6. The van der Waals surface area contributed by atoms with Crippen LogP contribution in [0.1, 0.15) is 34.6 Å². The van der Waals surface area contributed by atoms with E-state index in [-0.39, 0.29) is 5.78 Å². The van der Waals surface area contributed by atoms with Gasteiger partial charge >= 0.3 is 0 Å². The van der Waals surface area contributed by atoms with Crippen LogP contribution in [-0.2, 0) is 6.54 Å². The Hall–Kier alpha value is -2.68. The zero-order valence-corrected chi connectivity index (χ0v) is 12.2. The summed E-state index contributed by atoms with van der Waals surface area (Å²) < 4.78 is 2.18. The lowest BCUT2D eigenvalue weighted by Gasteiger charge is -2.04. The van der Waals surface area contributed by atoms with Gasteiger partial charge in [0.2, 0.25) is 0 Å². The van der Waals surface area contributed by atoms with Gasteiger partial charge in [0, 0.05) is 18.5 Å². The SMILES string of the molecule is O=C1CCCn2c(/C=C/c3ccccc3)nc3cccc1c32. The number of hydrogen-bond acceptors (Lipinski definition) is 2. The van der Waals surface area contributed by atoms with Gasteiger partial charge in [-0.2, -0.15) is 0 Å². The van der Waals surface area contributed by atoms with Crippen molar-refractivity contribution in [1.82, 2.24) is 9.55 Å². The summed E-state index contributed by atoms with van der Waals surface area (Å²) in [4.78, 5) is 16.9. The molecule has 3 nitrogen and oxygen atoms in total. The Morgan fingerprint density at radius 1 is 1.00 bits per heavy atom. The van der Waals surface area contributed by atoms with E-state index in [4.69, 9.17) is 4.98 Å². The molecule has 22 heavy (non-hydrogen) atoms. The predicted molar refractivity (Wildman–Crippen MR) is 88.7 cm³/mol. The summed E-state index contributed by atoms with van der Waals surface area (Å²) in [5.41, 5.74) is 3.84. The number of ketones is 1. The maximum atomic E-state index is 12.2. The molecule has 0 aliphatic carbocycles. The lowest BCUT2D eigenvalue weighted by molar-refractivity contribution is 0.0982. The van der Waals surface area contributed by atoms with E-state index < -0.39 is 0 Å². The third-order valence-electron chi connectivity index (χ3n) is 4.11. The number of rotatable bonds is 2. The Morgan fingerprint density at radius 3 is 2.73 bits per heavy atom. The fourth-order valence-electron chi connectivity index (χ4n) is 3.05. The molecule has 0 saturated carbocycles. The molecule has 2 aromatic carbocycles. The minimum atomic E-state index is 0.225. The number of nitrogens with zero attached hydrogens (tertiary/aromatic N) is 2. The van der Waals surface area contributed by atoms with Gasteiger partial charge in [-0.05, 0) is 30.2 Å². The summed E-state index contributed by atoms with van der Waals surface area (Å²) in [7, 11) is 0. The van der Waals surface area contributed by atoms with Gasteiger partial charge < -0.3 is 4.57 Å². The summed E-state index contributed by atoms with van der Waals surface area (Å²) in [5.74, 6) is 1.14. The molecule has 1 aliphatic heterocycles. The highest BCUT2D eigenvalue weighted by Crippen LogP contribution is 2.26. The van der Waals surface area contributed by atoms with Crippen molar-refractivity contribution in [3.8, 4) is 0 Å². The second-order valence-electron chi connectivity index (χ2n) is 5.57. The van der Waals surface area contributed by atoms with Crippen LogP contribution in [0.5, 0.6) is 0 Å². The van der Waals surface area contributed by atoms with Crippen LogP contribution in [0, 0.1) is 0 Å². The van der Waals surface area contributed by atoms with E-state index in [2.05, 4.69) is 22.8 Å². The van der Waals surface area contributed by atoms with Crippen LogP contribution in [0.15, 0.2) is 48.5 Å². The van der Waals surface area contributed by atoms with E-state index >= 15 is 0 Å². The standard InChI is InChI=1S/C19H16N2O/c22-17-10-5-13-21-18(12-11-14-6-2-1-3-7-14)20-16-9-4-8-15(17)19(16)21/h1-4,6-9,11-12H,5,10,13H2/b12-11+. The molecule has 0 saturated heterocycles. The molecule has 0 atom stereocenters. The van der Waals surface area contributed by atoms with Gasteiger partial charge in [-0.1, -0.05) is 42.5 Å². The minimum absolute atomic E-state index is 0.225. The number of imidazole rings is 1. The van der Waals surface area contributed by atoms with Gasteiger partial charge in [0.15, 0.2) is 5.78 Å². The first kappa shape index (κ1) is 13.0. The average molecular weight is 288 g/mol. The van der Waals surface area contributed by atoms with E-state index in [0.717, 1.165) is 41.0 Å². The molecule has 0 spiro atoms. The second kappa shape index (κ2) is 5.26. The molecule has 3 aromatic rings. The number of carbonyl (C=O) groups excluding carboxylic acids is 1. The van der Waals surface area contributed by atoms with Gasteiger partial charge in [0.25, 0.3) is 0 Å². The van der Waals surface area contributed by atoms with Crippen LogP contribution in [0.2, 0.25) is 0 Å². The average Bonchev–Trinajstić information content (AvgIpc) is 2.82. The van der Waals surface area contributed by atoms with Crippen molar-refractivity contribution in [2.75, 3.05) is 0 Å². The third kappa shape index (κ3) is 2.15. The first-order chi connectivity index (χ1) is 10.8. The molecule has 0 amide bonds. The fraction of sp³-hybridized carbons (Fsp3) is 0.158. The maximum absolute atomic E-state index is 12.2. The van der Waals surface area contributed by atoms with Crippen molar-refractivity contribution in [3.05, 3.63) is 65.5 Å². The Kier molecular flexibility index (Phi) is 3.11. The molecule has 108 valence electrons. The zero-order valence-electron chi connectivity index (χ0n) is 12.2. The van der Waals surface area contributed by atoms with Crippen LogP contribution in [-0.4, -0.2) is 15.3 Å². The van der Waals surface area contributed by atoms with Gasteiger partial charge in [-0.25, -0.2) is 4.98 Å². The third-order valence-corrected chi connectivity index (χ3v) is 4.11. The van der Waals surface area contributed by atoms with Crippen LogP contribution in [0.4, 0.5) is 0 Å². The van der Waals surface area contributed by atoms with Crippen molar-refractivity contribution >= 4 is 29.0 Å². The quantitative estimate of drug-likeness (QED) is 0.709. The molecule has 0 unspecified atom stereocenters. The molecular formula is C19H16N2O. The number of Topliss-reactive ketones (excluding diaryl/α,β-unsaturated/α-hetero) is 1. The van der Waals surface area contributed by atoms with E-state index in [1.54, 1.807) is 0 Å². The van der Waals surface area contributed by atoms with Crippen molar-refractivity contribution in [1.29, 1.82) is 0 Å². The summed E-state index contributed by atoms with van der Waals surface area (Å²) in [6, 6.07) is 16.0. The number of hydrogen-bond donors (Lipinski definition) is 0. The Morgan fingerprint density at radius 2 is 1.86 bits per heavy atom. The van der Waals surface area contributed by atoms with E-state index in [9.17, 15) is 4.79 Å². The largest absolute Gasteiger partial charge is 0.324 e. The van der Waals surface area contributed by atoms with Gasteiger partial charge in [-0.3, -0.25) is 4.79 Å². The van der Waals surface area contributed by atoms with Crippen LogP contribution < -0.4 is 0 Å².